The molecule has 1 N–H and O–H groups in total. The van der Waals surface area contributed by atoms with E-state index in [-0.39, 0.29) is 18.3 Å². The van der Waals surface area contributed by atoms with E-state index in [0.29, 0.717) is 0 Å². The van der Waals surface area contributed by atoms with Crippen LogP contribution in [0.3, 0.4) is 0 Å². The third-order valence-electron chi connectivity index (χ3n) is 4.77. The maximum atomic E-state index is 13.8. The SMILES string of the molecule is O=C(O)C1(S(=O)(=O)c2ccccc2F)CC2(CCC2)C1. The van der Waals surface area contributed by atoms with E-state index in [2.05, 4.69) is 0 Å². The summed E-state index contributed by atoms with van der Waals surface area (Å²) in [7, 11) is -4.22. The van der Waals surface area contributed by atoms with Gasteiger partial charge >= 0.3 is 5.97 Å². The first-order chi connectivity index (χ1) is 9.33. The van der Waals surface area contributed by atoms with Crippen molar-refractivity contribution in [3.8, 4) is 0 Å². The largest absolute Gasteiger partial charge is 0.480 e. The molecule has 0 unspecified atom stereocenters. The Morgan fingerprint density at radius 1 is 1.20 bits per heavy atom. The molecule has 0 radical (unpaired) electrons. The number of sulfone groups is 1. The van der Waals surface area contributed by atoms with Crippen molar-refractivity contribution >= 4 is 15.8 Å². The number of aliphatic carboxylic acids is 1. The molecule has 1 spiro atoms. The summed E-state index contributed by atoms with van der Waals surface area (Å²) in [6.45, 7) is 0. The Labute approximate surface area is 116 Å². The first kappa shape index (κ1) is 13.5. The van der Waals surface area contributed by atoms with Crippen molar-refractivity contribution in [2.75, 3.05) is 0 Å². The molecule has 108 valence electrons. The van der Waals surface area contributed by atoms with E-state index >= 15 is 0 Å². The van der Waals surface area contributed by atoms with Crippen molar-refractivity contribution in [1.82, 2.24) is 0 Å². The first-order valence-electron chi connectivity index (χ1n) is 6.56. The average Bonchev–Trinajstić information content (AvgIpc) is 2.25. The Morgan fingerprint density at radius 3 is 2.25 bits per heavy atom. The number of hydrogen-bond acceptors (Lipinski definition) is 3. The van der Waals surface area contributed by atoms with Crippen molar-refractivity contribution in [2.24, 2.45) is 5.41 Å². The lowest BCUT2D eigenvalue weighted by molar-refractivity contribution is -0.150. The molecule has 0 bridgehead atoms. The lowest BCUT2D eigenvalue weighted by Crippen LogP contribution is -2.63. The van der Waals surface area contributed by atoms with Gasteiger partial charge in [-0.1, -0.05) is 18.6 Å². The quantitative estimate of drug-likeness (QED) is 0.930. The van der Waals surface area contributed by atoms with Crippen LogP contribution in [0.5, 0.6) is 0 Å². The molecule has 1 aromatic rings. The van der Waals surface area contributed by atoms with Gasteiger partial charge in [0.15, 0.2) is 14.6 Å². The van der Waals surface area contributed by atoms with Crippen LogP contribution in [0.15, 0.2) is 29.2 Å². The standard InChI is InChI=1S/C14H15FO4S/c15-10-4-1-2-5-11(10)20(18,19)14(12(16)17)8-13(9-14)6-3-7-13/h1-2,4-5H,3,6-9H2,(H,16,17). The van der Waals surface area contributed by atoms with Crippen LogP contribution in [0.25, 0.3) is 0 Å². The average molecular weight is 298 g/mol. The molecule has 2 aliphatic carbocycles. The van der Waals surface area contributed by atoms with E-state index < -0.39 is 31.3 Å². The Kier molecular flexibility index (Phi) is 2.73. The zero-order valence-corrected chi connectivity index (χ0v) is 11.6. The number of carboxylic acid groups (broad SMARTS) is 1. The molecular formula is C14H15FO4S. The molecule has 0 aromatic heterocycles. The van der Waals surface area contributed by atoms with Gasteiger partial charge in [-0.15, -0.1) is 0 Å². The number of hydrogen-bond donors (Lipinski definition) is 1. The molecule has 0 saturated heterocycles. The minimum Gasteiger partial charge on any atom is -0.480 e. The molecule has 20 heavy (non-hydrogen) atoms. The summed E-state index contributed by atoms with van der Waals surface area (Å²) in [5.74, 6) is -2.25. The molecule has 2 saturated carbocycles. The van der Waals surface area contributed by atoms with Crippen molar-refractivity contribution in [2.45, 2.75) is 41.7 Å². The number of rotatable bonds is 3. The highest BCUT2D eigenvalue weighted by molar-refractivity contribution is 7.93. The summed E-state index contributed by atoms with van der Waals surface area (Å²) in [5, 5.41) is 9.42. The smallest absolute Gasteiger partial charge is 0.325 e. The van der Waals surface area contributed by atoms with Gasteiger partial charge in [0.25, 0.3) is 0 Å². The number of halogens is 1. The summed E-state index contributed by atoms with van der Waals surface area (Å²) in [5.41, 5.74) is -0.142. The van der Waals surface area contributed by atoms with Gasteiger partial charge in [0.05, 0.1) is 0 Å². The van der Waals surface area contributed by atoms with Crippen molar-refractivity contribution in [3.05, 3.63) is 30.1 Å². The highest BCUT2D eigenvalue weighted by atomic mass is 32.2. The Hall–Kier alpha value is -1.43. The molecule has 4 nitrogen and oxygen atoms in total. The molecule has 0 heterocycles. The van der Waals surface area contributed by atoms with Crippen LogP contribution in [0.1, 0.15) is 32.1 Å². The van der Waals surface area contributed by atoms with Gasteiger partial charge in [0, 0.05) is 0 Å². The lowest BCUT2D eigenvalue weighted by Gasteiger charge is -2.58. The van der Waals surface area contributed by atoms with E-state index in [1.807, 2.05) is 0 Å². The summed E-state index contributed by atoms with van der Waals surface area (Å²) in [6, 6.07) is 4.97. The van der Waals surface area contributed by atoms with Crippen LogP contribution >= 0.6 is 0 Å². The molecule has 0 amide bonds. The second-order valence-electron chi connectivity index (χ2n) is 5.94. The molecule has 2 fully saturated rings. The predicted octanol–water partition coefficient (Wildman–Crippen LogP) is 2.39. The summed E-state index contributed by atoms with van der Waals surface area (Å²) in [4.78, 5) is 11.1. The second kappa shape index (κ2) is 4.04. The molecule has 1 aromatic carbocycles. The fraction of sp³-hybridized carbons (Fsp3) is 0.500. The maximum Gasteiger partial charge on any atom is 0.325 e. The Balaban J connectivity index is 2.05. The van der Waals surface area contributed by atoms with Gasteiger partial charge in [-0.05, 0) is 43.2 Å². The predicted molar refractivity (Wildman–Crippen MR) is 69.5 cm³/mol. The van der Waals surface area contributed by atoms with Gasteiger partial charge in [0.1, 0.15) is 10.7 Å². The topological polar surface area (TPSA) is 71.4 Å². The van der Waals surface area contributed by atoms with Crippen LogP contribution in [-0.4, -0.2) is 24.2 Å². The van der Waals surface area contributed by atoms with Crippen LogP contribution in [0.4, 0.5) is 4.39 Å². The number of carboxylic acids is 1. The molecule has 2 aliphatic rings. The minimum atomic E-state index is -4.22. The van der Waals surface area contributed by atoms with Crippen LogP contribution in [0, 0.1) is 11.2 Å². The van der Waals surface area contributed by atoms with Crippen molar-refractivity contribution < 1.29 is 22.7 Å². The van der Waals surface area contributed by atoms with Gasteiger partial charge in [-0.25, -0.2) is 12.8 Å². The molecule has 3 rings (SSSR count). The lowest BCUT2D eigenvalue weighted by atomic mass is 9.51. The Morgan fingerprint density at radius 2 is 1.80 bits per heavy atom. The summed E-state index contributed by atoms with van der Waals surface area (Å²) < 4.78 is 37.1. The normalized spacial score (nSPS) is 22.9. The molecule has 0 aliphatic heterocycles. The van der Waals surface area contributed by atoms with Gasteiger partial charge < -0.3 is 5.11 Å². The number of benzene rings is 1. The van der Waals surface area contributed by atoms with E-state index in [1.165, 1.54) is 12.1 Å². The monoisotopic (exact) mass is 298 g/mol. The first-order valence-corrected chi connectivity index (χ1v) is 8.04. The highest BCUT2D eigenvalue weighted by Gasteiger charge is 2.68. The third-order valence-corrected chi connectivity index (χ3v) is 7.17. The van der Waals surface area contributed by atoms with E-state index in [9.17, 15) is 22.7 Å². The third kappa shape index (κ3) is 1.57. The van der Waals surface area contributed by atoms with Crippen LogP contribution in [-0.2, 0) is 14.6 Å². The molecule has 0 atom stereocenters. The zero-order valence-electron chi connectivity index (χ0n) is 10.8. The second-order valence-corrected chi connectivity index (χ2v) is 8.17. The fourth-order valence-electron chi connectivity index (χ4n) is 3.52. The van der Waals surface area contributed by atoms with Crippen molar-refractivity contribution in [1.29, 1.82) is 0 Å². The molecule has 6 heteroatoms. The van der Waals surface area contributed by atoms with Gasteiger partial charge in [-0.3, -0.25) is 4.79 Å². The van der Waals surface area contributed by atoms with E-state index in [1.54, 1.807) is 0 Å². The molecular weight excluding hydrogens is 283 g/mol. The highest BCUT2D eigenvalue weighted by Crippen LogP contribution is 2.64. The zero-order chi connectivity index (χ0) is 14.6. The van der Waals surface area contributed by atoms with E-state index in [4.69, 9.17) is 0 Å². The Bertz CT molecular complexity index is 668. The minimum absolute atomic E-state index is 0.103. The van der Waals surface area contributed by atoms with Crippen molar-refractivity contribution in [3.63, 3.8) is 0 Å². The maximum absolute atomic E-state index is 13.8. The van der Waals surface area contributed by atoms with Gasteiger partial charge in [0.2, 0.25) is 0 Å². The summed E-state index contributed by atoms with van der Waals surface area (Å²) >= 11 is 0. The number of carbonyl (C=O) groups is 1. The van der Waals surface area contributed by atoms with Crippen LogP contribution < -0.4 is 0 Å². The summed E-state index contributed by atoms with van der Waals surface area (Å²) in [6.07, 6.45) is 2.96. The van der Waals surface area contributed by atoms with E-state index in [0.717, 1.165) is 31.4 Å². The van der Waals surface area contributed by atoms with Crippen LogP contribution in [0.2, 0.25) is 0 Å². The van der Waals surface area contributed by atoms with Gasteiger partial charge in [-0.2, -0.15) is 0 Å². The fourth-order valence-corrected chi connectivity index (χ4v) is 5.75.